The number of hydrogen-bond donors (Lipinski definition) is 0. The Morgan fingerprint density at radius 1 is 1.42 bits per heavy atom. The monoisotopic (exact) mass is 162 g/mol. The largest absolute Gasteiger partial charge is 0.493 e. The molecule has 1 heterocycles. The SMILES string of the molecule is CCc1cc(C)c2c(c1)CCO2. The smallest absolute Gasteiger partial charge is 0.125 e. The quantitative estimate of drug-likeness (QED) is 0.616. The molecule has 1 nitrogen and oxygen atoms in total. The molecule has 12 heavy (non-hydrogen) atoms. The normalized spacial score (nSPS) is 14.2. The second kappa shape index (κ2) is 2.81. The van der Waals surface area contributed by atoms with Gasteiger partial charge in [-0.25, -0.2) is 0 Å². The van der Waals surface area contributed by atoms with Crippen LogP contribution in [0.5, 0.6) is 5.75 Å². The molecule has 64 valence electrons. The van der Waals surface area contributed by atoms with Crippen molar-refractivity contribution in [3.63, 3.8) is 0 Å². The number of ether oxygens (including phenoxy) is 1. The van der Waals surface area contributed by atoms with E-state index in [1.165, 1.54) is 16.7 Å². The predicted molar refractivity (Wildman–Crippen MR) is 49.8 cm³/mol. The highest BCUT2D eigenvalue weighted by Crippen LogP contribution is 2.30. The van der Waals surface area contributed by atoms with Gasteiger partial charge >= 0.3 is 0 Å². The number of benzene rings is 1. The molecule has 0 aromatic heterocycles. The third-order valence-corrected chi connectivity index (χ3v) is 2.44. The molecule has 0 saturated carbocycles. The molecule has 1 aliphatic heterocycles. The highest BCUT2D eigenvalue weighted by atomic mass is 16.5. The van der Waals surface area contributed by atoms with Crippen LogP contribution in [0.3, 0.4) is 0 Å². The molecule has 0 N–H and O–H groups in total. The first-order chi connectivity index (χ1) is 5.81. The minimum Gasteiger partial charge on any atom is -0.493 e. The van der Waals surface area contributed by atoms with Crippen LogP contribution >= 0.6 is 0 Å². The van der Waals surface area contributed by atoms with Gasteiger partial charge in [-0.3, -0.25) is 0 Å². The third kappa shape index (κ3) is 1.09. The summed E-state index contributed by atoms with van der Waals surface area (Å²) in [5, 5.41) is 0. The van der Waals surface area contributed by atoms with Gasteiger partial charge in [0.1, 0.15) is 5.75 Å². The maximum atomic E-state index is 5.53. The van der Waals surface area contributed by atoms with Crippen molar-refractivity contribution in [2.45, 2.75) is 26.7 Å². The second-order valence-electron chi connectivity index (χ2n) is 3.35. The summed E-state index contributed by atoms with van der Waals surface area (Å²) in [4.78, 5) is 0. The molecule has 1 aromatic rings. The van der Waals surface area contributed by atoms with Crippen molar-refractivity contribution in [2.75, 3.05) is 6.61 Å². The van der Waals surface area contributed by atoms with Crippen LogP contribution < -0.4 is 4.74 Å². The van der Waals surface area contributed by atoms with E-state index in [1.54, 1.807) is 0 Å². The summed E-state index contributed by atoms with van der Waals surface area (Å²) in [5.74, 6) is 1.13. The molecule has 1 heteroatoms. The van der Waals surface area contributed by atoms with Crippen molar-refractivity contribution >= 4 is 0 Å². The fourth-order valence-corrected chi connectivity index (χ4v) is 1.79. The van der Waals surface area contributed by atoms with E-state index in [1.807, 2.05) is 0 Å². The van der Waals surface area contributed by atoms with Gasteiger partial charge in [0.2, 0.25) is 0 Å². The molecule has 0 radical (unpaired) electrons. The van der Waals surface area contributed by atoms with Crippen LogP contribution in [-0.4, -0.2) is 6.61 Å². The van der Waals surface area contributed by atoms with Gasteiger partial charge in [0.25, 0.3) is 0 Å². The lowest BCUT2D eigenvalue weighted by molar-refractivity contribution is 0.354. The van der Waals surface area contributed by atoms with Gasteiger partial charge < -0.3 is 4.74 Å². The van der Waals surface area contributed by atoms with Gasteiger partial charge in [-0.15, -0.1) is 0 Å². The van der Waals surface area contributed by atoms with Crippen molar-refractivity contribution in [2.24, 2.45) is 0 Å². The van der Waals surface area contributed by atoms with Gasteiger partial charge in [0.05, 0.1) is 6.61 Å². The summed E-state index contributed by atoms with van der Waals surface area (Å²) in [6, 6.07) is 4.50. The van der Waals surface area contributed by atoms with E-state index in [-0.39, 0.29) is 0 Å². The van der Waals surface area contributed by atoms with Gasteiger partial charge in [0, 0.05) is 6.42 Å². The van der Waals surface area contributed by atoms with Crippen molar-refractivity contribution in [3.8, 4) is 5.75 Å². The minimum atomic E-state index is 0.864. The van der Waals surface area contributed by atoms with E-state index in [2.05, 4.69) is 26.0 Å². The fraction of sp³-hybridized carbons (Fsp3) is 0.455. The third-order valence-electron chi connectivity index (χ3n) is 2.44. The molecule has 0 spiro atoms. The zero-order valence-electron chi connectivity index (χ0n) is 7.68. The van der Waals surface area contributed by atoms with E-state index in [0.29, 0.717) is 0 Å². The van der Waals surface area contributed by atoms with E-state index in [0.717, 1.165) is 25.2 Å². The predicted octanol–water partition coefficient (Wildman–Crippen LogP) is 2.49. The highest BCUT2D eigenvalue weighted by Gasteiger charge is 2.14. The Hall–Kier alpha value is -0.980. The van der Waals surface area contributed by atoms with E-state index >= 15 is 0 Å². The fourth-order valence-electron chi connectivity index (χ4n) is 1.79. The van der Waals surface area contributed by atoms with Crippen LogP contribution in [0.15, 0.2) is 12.1 Å². The lowest BCUT2D eigenvalue weighted by Gasteiger charge is -2.05. The van der Waals surface area contributed by atoms with E-state index < -0.39 is 0 Å². The maximum absolute atomic E-state index is 5.53. The summed E-state index contributed by atoms with van der Waals surface area (Å²) < 4.78 is 5.53. The Morgan fingerprint density at radius 3 is 3.00 bits per heavy atom. The van der Waals surface area contributed by atoms with Crippen LogP contribution in [0, 0.1) is 6.92 Å². The number of hydrogen-bond acceptors (Lipinski definition) is 1. The first-order valence-electron chi connectivity index (χ1n) is 4.56. The average Bonchev–Trinajstić information content (AvgIpc) is 2.52. The highest BCUT2D eigenvalue weighted by molar-refractivity contribution is 5.46. The minimum absolute atomic E-state index is 0.864. The first-order valence-corrected chi connectivity index (χ1v) is 4.56. The molecule has 2 rings (SSSR count). The van der Waals surface area contributed by atoms with Crippen LogP contribution in [0.4, 0.5) is 0 Å². The van der Waals surface area contributed by atoms with Gasteiger partial charge in [-0.2, -0.15) is 0 Å². The Bertz CT molecular complexity index is 302. The van der Waals surface area contributed by atoms with Crippen molar-refractivity contribution in [1.29, 1.82) is 0 Å². The summed E-state index contributed by atoms with van der Waals surface area (Å²) in [6.45, 7) is 5.18. The Balaban J connectivity index is 2.51. The van der Waals surface area contributed by atoms with Crippen molar-refractivity contribution in [1.82, 2.24) is 0 Å². The van der Waals surface area contributed by atoms with Crippen LogP contribution in [0.25, 0.3) is 0 Å². The summed E-state index contributed by atoms with van der Waals surface area (Å²) in [7, 11) is 0. The van der Waals surface area contributed by atoms with Gasteiger partial charge in [-0.05, 0) is 30.0 Å². The van der Waals surface area contributed by atoms with Crippen molar-refractivity contribution in [3.05, 3.63) is 28.8 Å². The molecule has 0 unspecified atom stereocenters. The molecule has 0 bridgehead atoms. The maximum Gasteiger partial charge on any atom is 0.125 e. The Labute approximate surface area is 73.4 Å². The standard InChI is InChI=1S/C11H14O/c1-3-9-6-8(2)11-10(7-9)4-5-12-11/h6-7H,3-5H2,1-2H3. The number of fused-ring (bicyclic) bond motifs is 1. The molecule has 0 amide bonds. The van der Waals surface area contributed by atoms with E-state index in [9.17, 15) is 0 Å². The summed E-state index contributed by atoms with van der Waals surface area (Å²) in [6.07, 6.45) is 2.21. The Kier molecular flexibility index (Phi) is 1.80. The lowest BCUT2D eigenvalue weighted by Crippen LogP contribution is -1.88. The van der Waals surface area contributed by atoms with Crippen LogP contribution in [0.1, 0.15) is 23.6 Å². The summed E-state index contributed by atoms with van der Waals surface area (Å²) >= 11 is 0. The molecular weight excluding hydrogens is 148 g/mol. The van der Waals surface area contributed by atoms with Crippen LogP contribution in [0.2, 0.25) is 0 Å². The first kappa shape index (κ1) is 7.66. The molecule has 0 aliphatic carbocycles. The van der Waals surface area contributed by atoms with E-state index in [4.69, 9.17) is 4.74 Å². The molecule has 0 saturated heterocycles. The lowest BCUT2D eigenvalue weighted by atomic mass is 10.0. The Morgan fingerprint density at radius 2 is 2.25 bits per heavy atom. The average molecular weight is 162 g/mol. The summed E-state index contributed by atoms with van der Waals surface area (Å²) in [5.41, 5.74) is 4.12. The molecule has 1 aliphatic rings. The van der Waals surface area contributed by atoms with Gasteiger partial charge in [-0.1, -0.05) is 19.1 Å². The second-order valence-corrected chi connectivity index (χ2v) is 3.35. The number of aryl methyl sites for hydroxylation is 2. The number of rotatable bonds is 1. The molecule has 1 aromatic carbocycles. The molecule has 0 atom stereocenters. The van der Waals surface area contributed by atoms with Crippen molar-refractivity contribution < 1.29 is 4.74 Å². The molecular formula is C11H14O. The zero-order chi connectivity index (χ0) is 8.55. The van der Waals surface area contributed by atoms with Crippen LogP contribution in [-0.2, 0) is 12.8 Å². The topological polar surface area (TPSA) is 9.23 Å². The zero-order valence-corrected chi connectivity index (χ0v) is 7.68. The molecule has 0 fully saturated rings. The van der Waals surface area contributed by atoms with Gasteiger partial charge in [0.15, 0.2) is 0 Å².